The molecule has 2 aliphatic carbocycles. The number of nitrogens with one attached hydrogen (secondary N) is 1. The van der Waals surface area contributed by atoms with E-state index in [-0.39, 0.29) is 16.4 Å². The number of benzene rings is 1. The summed E-state index contributed by atoms with van der Waals surface area (Å²) in [6.45, 7) is -6.39. The lowest BCUT2D eigenvalue weighted by Gasteiger charge is -2.17. The normalized spacial score (nSPS) is 50.3. The molecule has 194 valence electrons. The van der Waals surface area contributed by atoms with Crippen LogP contribution in [0.2, 0.25) is 0 Å². The summed E-state index contributed by atoms with van der Waals surface area (Å²) < 4.78 is 184. The highest BCUT2D eigenvalue weighted by atomic mass is 32.2. The topological polar surface area (TPSA) is 138 Å². The van der Waals surface area contributed by atoms with Crippen molar-refractivity contribution in [3.63, 3.8) is 0 Å². The first kappa shape index (κ1) is 10.8. The number of hydrogen-bond acceptors (Lipinski definition) is 10. The standard InChI is InChI=1S/C24H31FN6O4S/c1-3-8-36-24-27-22(26-16-10-14(16)13-5-4-12(2)15(25)9-13)19-23(28-24)31(30-29-19)17-11-18(35-7-6-32)21(34)20(17)33/h4-5,9,14,16-18,20-21,32-34H,3,6-8,10-11H2,1-2H3,(H,26,27,28)/t14-,16+,17+,18-,20-,21+/m0/s1/i3D2,4D,5D,6D2,7D2,8D2,9D,10D2,11D2,14D,17D,18D,20D,21D. The number of rotatable bonds is 10. The summed E-state index contributed by atoms with van der Waals surface area (Å²) in [7, 11) is 0. The fourth-order valence-corrected chi connectivity index (χ4v) is 3.55. The second kappa shape index (κ2) is 10.5. The maximum atomic E-state index is 15.0. The Morgan fingerprint density at radius 3 is 2.97 bits per heavy atom. The zero-order valence-electron chi connectivity index (χ0n) is 38.3. The van der Waals surface area contributed by atoms with E-state index in [2.05, 4.69) is 30.3 Å². The van der Waals surface area contributed by atoms with Gasteiger partial charge in [-0.05, 0) is 36.8 Å². The first-order chi connectivity index (χ1) is 24.8. The molecule has 2 saturated carbocycles. The van der Waals surface area contributed by atoms with Gasteiger partial charge in [-0.3, -0.25) is 0 Å². The Hall–Kier alpha value is -2.38. The van der Waals surface area contributed by atoms with Gasteiger partial charge < -0.3 is 25.4 Å². The molecule has 2 aromatic heterocycles. The molecule has 0 aliphatic heterocycles. The monoisotopic (exact) mass is 538 g/mol. The van der Waals surface area contributed by atoms with Gasteiger partial charge in [0.05, 0.1) is 40.3 Å². The molecule has 0 saturated heterocycles. The lowest BCUT2D eigenvalue weighted by molar-refractivity contribution is -0.0629. The molecule has 2 fully saturated rings. The summed E-state index contributed by atoms with van der Waals surface area (Å²) in [5.41, 5.74) is -6.14. The van der Waals surface area contributed by atoms with Crippen LogP contribution in [0.4, 0.5) is 10.2 Å². The van der Waals surface area contributed by atoms with Crippen LogP contribution in [0.5, 0.6) is 0 Å². The Bertz CT molecular complexity index is 2110. The molecule has 0 bridgehead atoms. The number of thioether (sulfide) groups is 1. The third-order valence-corrected chi connectivity index (χ3v) is 5.50. The minimum Gasteiger partial charge on any atom is -0.394 e. The van der Waals surface area contributed by atoms with Crippen LogP contribution in [0.15, 0.2) is 23.3 Å². The predicted octanol–water partition coefficient (Wildman–Crippen LogP) is 2.18. The van der Waals surface area contributed by atoms with Crippen molar-refractivity contribution in [1.29, 1.82) is 0 Å². The van der Waals surface area contributed by atoms with Gasteiger partial charge in [0.15, 0.2) is 22.1 Å². The zero-order valence-corrected chi connectivity index (χ0v) is 19.2. The highest BCUT2D eigenvalue weighted by Crippen LogP contribution is 2.44. The van der Waals surface area contributed by atoms with E-state index in [0.29, 0.717) is 0 Å². The molecule has 2 heterocycles. The van der Waals surface area contributed by atoms with Gasteiger partial charge in [-0.25, -0.2) is 19.0 Å². The van der Waals surface area contributed by atoms with Crippen molar-refractivity contribution in [2.45, 2.75) is 74.3 Å². The lowest BCUT2D eigenvalue weighted by Crippen LogP contribution is -2.33. The van der Waals surface area contributed by atoms with E-state index in [9.17, 15) is 19.7 Å². The summed E-state index contributed by atoms with van der Waals surface area (Å²) in [5, 5.41) is 40.8. The second-order valence-electron chi connectivity index (χ2n) is 7.12. The van der Waals surface area contributed by atoms with Crippen molar-refractivity contribution in [3.05, 3.63) is 35.1 Å². The first-order valence-electron chi connectivity index (χ1n) is 20.0. The Labute approximate surface area is 240 Å². The number of aliphatic hydroxyl groups is 3. The average molecular weight is 539 g/mol. The molecule has 4 N–H and O–H groups in total. The number of hydrogen-bond donors (Lipinski definition) is 4. The third kappa shape index (κ3) is 4.92. The van der Waals surface area contributed by atoms with Crippen LogP contribution in [0.1, 0.15) is 76.5 Å². The molecule has 3 aromatic rings. The lowest BCUT2D eigenvalue weighted by atomic mass is 10.1. The van der Waals surface area contributed by atoms with E-state index in [1.807, 2.05) is 0 Å². The minimum atomic E-state index is -4.50. The largest absolute Gasteiger partial charge is 0.394 e. The summed E-state index contributed by atoms with van der Waals surface area (Å²) >= 11 is -0.0799. The van der Waals surface area contributed by atoms with Crippen molar-refractivity contribution in [2.75, 3.05) is 24.1 Å². The van der Waals surface area contributed by atoms with Gasteiger partial charge >= 0.3 is 0 Å². The Morgan fingerprint density at radius 1 is 1.36 bits per heavy atom. The molecule has 6 atom stereocenters. The van der Waals surface area contributed by atoms with E-state index in [0.717, 1.165) is 13.8 Å². The SMILES string of the molecule is [2H]c1c([2H])c([C@@]2([2H])[C@H](Nc3nc(SC([2H])([2H])C([2H])([2H])C)nc4c3nnn4[C@]3([2H])C([2H])([2H])[C@]([2H])(OC([2H])([2H])C([2H])([2H])O)[C@@]([2H])(O)[C@@]3([2H])O)C2([2H])[2H])c([2H])c(F)c1C. The fraction of sp³-hybridized carbons (Fsp3) is 0.583. The molecule has 0 unspecified atom stereocenters. The molecular weight excluding hydrogens is 487 g/mol. The predicted molar refractivity (Wildman–Crippen MR) is 133 cm³/mol. The summed E-state index contributed by atoms with van der Waals surface area (Å²) in [5.74, 6) is -4.87. The number of aromatic nitrogens is 5. The zero-order chi connectivity index (χ0) is 43.4. The Morgan fingerprint density at radius 2 is 2.19 bits per heavy atom. The van der Waals surface area contributed by atoms with Crippen molar-refractivity contribution in [3.8, 4) is 0 Å². The van der Waals surface area contributed by atoms with Gasteiger partial charge in [0.2, 0.25) is 0 Å². The molecule has 0 amide bonds. The van der Waals surface area contributed by atoms with Crippen molar-refractivity contribution < 1.29 is 51.9 Å². The fourth-order valence-electron chi connectivity index (χ4n) is 3.09. The molecule has 1 aromatic carbocycles. The number of ether oxygens (including phenoxy) is 1. The highest BCUT2D eigenvalue weighted by molar-refractivity contribution is 7.99. The summed E-state index contributed by atoms with van der Waals surface area (Å²) in [6, 6.07) is -8.82. The van der Waals surface area contributed by atoms with Crippen LogP contribution in [0, 0.1) is 12.7 Å². The summed E-state index contributed by atoms with van der Waals surface area (Å²) in [6.07, 6.45) is -23.2. The molecule has 0 radical (unpaired) electrons. The van der Waals surface area contributed by atoms with Crippen LogP contribution in [0.3, 0.4) is 0 Å². The molecular formula is C24H31FN6O4S. The van der Waals surface area contributed by atoms with Crippen LogP contribution in [-0.4, -0.2) is 83.4 Å². The van der Waals surface area contributed by atoms with Gasteiger partial charge in [-0.15, -0.1) is 5.10 Å². The average Bonchev–Trinajstić information content (AvgIpc) is 3.27. The van der Waals surface area contributed by atoms with Crippen molar-refractivity contribution >= 4 is 28.7 Å². The third-order valence-electron chi connectivity index (χ3n) is 4.82. The van der Waals surface area contributed by atoms with Crippen LogP contribution in [-0.2, 0) is 4.74 Å². The van der Waals surface area contributed by atoms with E-state index < -0.39 is 131 Å². The Balaban J connectivity index is 1.77. The van der Waals surface area contributed by atoms with E-state index in [1.165, 1.54) is 0 Å². The van der Waals surface area contributed by atoms with E-state index in [4.69, 9.17) is 27.4 Å². The van der Waals surface area contributed by atoms with Crippen molar-refractivity contribution in [2.24, 2.45) is 0 Å². The number of nitrogens with zero attached hydrogens (tertiary/aromatic N) is 5. The van der Waals surface area contributed by atoms with E-state index in [1.54, 1.807) is 0 Å². The second-order valence-corrected chi connectivity index (χ2v) is 7.90. The van der Waals surface area contributed by atoms with E-state index >= 15 is 0 Å². The molecule has 2 aliphatic rings. The maximum Gasteiger partial charge on any atom is 0.191 e. The maximum absolute atomic E-state index is 15.0. The molecule has 36 heavy (non-hydrogen) atoms. The van der Waals surface area contributed by atoms with Crippen LogP contribution in [0.25, 0.3) is 11.2 Å². The smallest absolute Gasteiger partial charge is 0.191 e. The number of anilines is 1. The minimum absolute atomic E-state index is 0.0799. The van der Waals surface area contributed by atoms with Gasteiger partial charge in [0, 0.05) is 36.4 Å². The van der Waals surface area contributed by atoms with Crippen molar-refractivity contribution in [1.82, 2.24) is 25.0 Å². The highest BCUT2D eigenvalue weighted by Gasteiger charge is 2.45. The quantitative estimate of drug-likeness (QED) is 0.224. The summed E-state index contributed by atoms with van der Waals surface area (Å²) in [4.78, 5) is 7.91. The first-order valence-corrected chi connectivity index (χ1v) is 10.8. The molecule has 10 nitrogen and oxygen atoms in total. The number of fused-ring (bicyclic) bond motifs is 1. The van der Waals surface area contributed by atoms with Gasteiger partial charge in [0.25, 0.3) is 0 Å². The number of halogens is 1. The molecule has 5 rings (SSSR count). The molecule has 12 heteroatoms. The van der Waals surface area contributed by atoms with Crippen LogP contribution >= 0.6 is 11.8 Å². The van der Waals surface area contributed by atoms with Gasteiger partial charge in [-0.1, -0.05) is 36.0 Å². The van der Waals surface area contributed by atoms with Crippen LogP contribution < -0.4 is 5.32 Å². The Kier molecular flexibility index (Phi) is 3.16. The molecule has 0 spiro atoms. The van der Waals surface area contributed by atoms with Gasteiger partial charge in [0.1, 0.15) is 18.0 Å². The van der Waals surface area contributed by atoms with Gasteiger partial charge in [-0.2, -0.15) is 0 Å².